The van der Waals surface area contributed by atoms with Crippen molar-refractivity contribution in [2.75, 3.05) is 5.73 Å². The van der Waals surface area contributed by atoms with Crippen molar-refractivity contribution >= 4 is 27.7 Å². The van der Waals surface area contributed by atoms with Gasteiger partial charge in [0.2, 0.25) is 0 Å². The summed E-state index contributed by atoms with van der Waals surface area (Å²) in [5.41, 5.74) is 6.06. The molecule has 1 saturated carbocycles. The maximum atomic E-state index is 12.1. The van der Waals surface area contributed by atoms with Crippen molar-refractivity contribution < 1.29 is 4.79 Å². The van der Waals surface area contributed by atoms with Crippen molar-refractivity contribution in [1.82, 2.24) is 10.3 Å². The van der Waals surface area contributed by atoms with E-state index < -0.39 is 0 Å². The molecule has 1 amide bonds. The Bertz CT molecular complexity index is 441. The molecule has 0 spiro atoms. The van der Waals surface area contributed by atoms with Crippen LogP contribution in [-0.2, 0) is 0 Å². The van der Waals surface area contributed by atoms with Crippen molar-refractivity contribution in [3.8, 4) is 0 Å². The molecule has 5 heteroatoms. The summed E-state index contributed by atoms with van der Waals surface area (Å²) in [6.07, 6.45) is 5.98. The van der Waals surface area contributed by atoms with E-state index in [0.717, 1.165) is 17.3 Å². The summed E-state index contributed by atoms with van der Waals surface area (Å²) in [6.45, 7) is 2.08. The highest BCUT2D eigenvalue weighted by Gasteiger charge is 2.30. The van der Waals surface area contributed by atoms with E-state index in [4.69, 9.17) is 5.73 Å². The Kier molecular flexibility index (Phi) is 3.38. The summed E-state index contributed by atoms with van der Waals surface area (Å²) in [5.74, 6) is 0.132. The minimum atomic E-state index is -0.138. The topological polar surface area (TPSA) is 68.0 Å². The Balaban J connectivity index is 2.17. The van der Waals surface area contributed by atoms with Crippen LogP contribution >= 0.6 is 15.9 Å². The molecule has 3 N–H and O–H groups in total. The molecule has 1 heterocycles. The highest BCUT2D eigenvalue weighted by molar-refractivity contribution is 9.10. The van der Waals surface area contributed by atoms with Crippen molar-refractivity contribution in [2.24, 2.45) is 0 Å². The molecule has 0 aliphatic heterocycles. The number of rotatable bonds is 2. The average molecular weight is 298 g/mol. The molecule has 92 valence electrons. The van der Waals surface area contributed by atoms with Gasteiger partial charge in [-0.25, -0.2) is 4.98 Å². The molecule has 0 radical (unpaired) electrons. The van der Waals surface area contributed by atoms with Gasteiger partial charge < -0.3 is 11.1 Å². The lowest BCUT2D eigenvalue weighted by Crippen LogP contribution is -2.43. The maximum absolute atomic E-state index is 12.1. The number of hydrogen-bond donors (Lipinski definition) is 2. The zero-order valence-corrected chi connectivity index (χ0v) is 11.4. The van der Waals surface area contributed by atoms with Crippen LogP contribution in [0.15, 0.2) is 16.7 Å². The fourth-order valence-corrected chi connectivity index (χ4v) is 2.58. The van der Waals surface area contributed by atoms with Gasteiger partial charge in [0.05, 0.1) is 5.56 Å². The molecule has 0 atom stereocenters. The van der Waals surface area contributed by atoms with Crippen molar-refractivity contribution in [2.45, 2.75) is 38.1 Å². The largest absolute Gasteiger partial charge is 0.383 e. The van der Waals surface area contributed by atoms with Crippen LogP contribution in [0.3, 0.4) is 0 Å². The first kappa shape index (κ1) is 12.4. The molecule has 4 nitrogen and oxygen atoms in total. The van der Waals surface area contributed by atoms with Crippen LogP contribution in [0.1, 0.15) is 43.0 Å². The van der Waals surface area contributed by atoms with Crippen molar-refractivity contribution in [3.05, 3.63) is 22.3 Å². The van der Waals surface area contributed by atoms with Crippen LogP contribution in [0.25, 0.3) is 0 Å². The number of aromatic nitrogens is 1. The van der Waals surface area contributed by atoms with Crippen LogP contribution in [0.2, 0.25) is 0 Å². The summed E-state index contributed by atoms with van der Waals surface area (Å²) >= 11 is 3.29. The molecule has 0 unspecified atom stereocenters. The zero-order chi connectivity index (χ0) is 12.5. The lowest BCUT2D eigenvalue weighted by atomic mass is 10.00. The Morgan fingerprint density at radius 1 is 1.53 bits per heavy atom. The fraction of sp³-hybridized carbons (Fsp3) is 0.500. The molecular weight excluding hydrogens is 282 g/mol. The molecule has 0 bridgehead atoms. The molecular formula is C12H16BrN3O. The third kappa shape index (κ3) is 2.77. The van der Waals surface area contributed by atoms with Crippen LogP contribution in [0.4, 0.5) is 5.82 Å². The van der Waals surface area contributed by atoms with Crippen LogP contribution in [0, 0.1) is 0 Å². The zero-order valence-electron chi connectivity index (χ0n) is 9.79. The Labute approximate surface area is 109 Å². The van der Waals surface area contributed by atoms with Gasteiger partial charge in [-0.2, -0.15) is 0 Å². The van der Waals surface area contributed by atoms with E-state index in [-0.39, 0.29) is 17.3 Å². The first-order chi connectivity index (χ1) is 8.00. The monoisotopic (exact) mass is 297 g/mol. The molecule has 1 aliphatic carbocycles. The van der Waals surface area contributed by atoms with Gasteiger partial charge in [0.25, 0.3) is 5.91 Å². The van der Waals surface area contributed by atoms with E-state index in [9.17, 15) is 4.79 Å². The number of nitrogens with one attached hydrogen (secondary N) is 1. The maximum Gasteiger partial charge on any atom is 0.255 e. The summed E-state index contributed by atoms with van der Waals surface area (Å²) < 4.78 is 0.758. The van der Waals surface area contributed by atoms with Gasteiger partial charge in [0, 0.05) is 16.2 Å². The summed E-state index contributed by atoms with van der Waals surface area (Å²) in [5, 5.41) is 3.06. The molecule has 1 aromatic rings. The first-order valence-corrected chi connectivity index (χ1v) is 6.53. The Morgan fingerprint density at radius 3 is 2.82 bits per heavy atom. The van der Waals surface area contributed by atoms with Crippen molar-refractivity contribution in [3.63, 3.8) is 0 Å². The number of nitrogen functional groups attached to an aromatic ring is 1. The van der Waals surface area contributed by atoms with Crippen LogP contribution in [0.5, 0.6) is 0 Å². The lowest BCUT2D eigenvalue weighted by molar-refractivity contribution is 0.0908. The Hall–Kier alpha value is -1.10. The van der Waals surface area contributed by atoms with E-state index in [1.54, 1.807) is 12.3 Å². The highest BCUT2D eigenvalue weighted by atomic mass is 79.9. The standard InChI is InChI=1S/C12H16BrN3O/c1-12(4-2-3-5-12)16-11(17)9-6-8(13)7-15-10(9)14/h6-7H,2-5H2,1H3,(H2,14,15)(H,16,17). The normalized spacial score (nSPS) is 18.0. The number of anilines is 1. The molecule has 0 saturated heterocycles. The van der Waals surface area contributed by atoms with Gasteiger partial charge >= 0.3 is 0 Å². The average Bonchev–Trinajstić information content (AvgIpc) is 2.68. The predicted molar refractivity (Wildman–Crippen MR) is 70.7 cm³/mol. The van der Waals surface area contributed by atoms with E-state index in [0.29, 0.717) is 5.56 Å². The second-order valence-electron chi connectivity index (χ2n) is 4.81. The number of carbonyl (C=O) groups is 1. The molecule has 0 aromatic carbocycles. The van der Waals surface area contributed by atoms with Gasteiger partial charge in [-0.15, -0.1) is 0 Å². The SMILES string of the molecule is CC1(NC(=O)c2cc(Br)cnc2N)CCCC1. The third-order valence-corrected chi connectivity index (χ3v) is 3.69. The minimum absolute atomic E-state index is 0.0914. The van der Waals surface area contributed by atoms with Gasteiger partial charge in [-0.05, 0) is 41.8 Å². The number of hydrogen-bond acceptors (Lipinski definition) is 3. The number of amides is 1. The van der Waals surface area contributed by atoms with E-state index >= 15 is 0 Å². The Morgan fingerprint density at radius 2 is 2.18 bits per heavy atom. The van der Waals surface area contributed by atoms with Crippen LogP contribution in [-0.4, -0.2) is 16.4 Å². The van der Waals surface area contributed by atoms with Gasteiger partial charge in [-0.1, -0.05) is 12.8 Å². The molecule has 1 fully saturated rings. The molecule has 2 rings (SSSR count). The first-order valence-electron chi connectivity index (χ1n) is 5.74. The molecule has 1 aromatic heterocycles. The smallest absolute Gasteiger partial charge is 0.255 e. The van der Waals surface area contributed by atoms with Gasteiger partial charge in [-0.3, -0.25) is 4.79 Å². The number of nitrogens with two attached hydrogens (primary N) is 1. The number of pyridine rings is 1. The third-order valence-electron chi connectivity index (χ3n) is 3.25. The van der Waals surface area contributed by atoms with E-state index in [1.807, 2.05) is 0 Å². The second-order valence-corrected chi connectivity index (χ2v) is 5.72. The van der Waals surface area contributed by atoms with E-state index in [2.05, 4.69) is 33.2 Å². The highest BCUT2D eigenvalue weighted by Crippen LogP contribution is 2.29. The summed E-state index contributed by atoms with van der Waals surface area (Å²) in [4.78, 5) is 16.1. The minimum Gasteiger partial charge on any atom is -0.383 e. The number of nitrogens with zero attached hydrogens (tertiary/aromatic N) is 1. The quantitative estimate of drug-likeness (QED) is 0.881. The second kappa shape index (κ2) is 4.64. The van der Waals surface area contributed by atoms with Gasteiger partial charge in [0.1, 0.15) is 5.82 Å². The van der Waals surface area contributed by atoms with Crippen LogP contribution < -0.4 is 11.1 Å². The number of halogens is 1. The summed E-state index contributed by atoms with van der Waals surface area (Å²) in [7, 11) is 0. The molecule has 17 heavy (non-hydrogen) atoms. The molecule has 1 aliphatic rings. The number of carbonyl (C=O) groups excluding carboxylic acids is 1. The van der Waals surface area contributed by atoms with E-state index in [1.165, 1.54) is 12.8 Å². The van der Waals surface area contributed by atoms with Crippen molar-refractivity contribution in [1.29, 1.82) is 0 Å². The summed E-state index contributed by atoms with van der Waals surface area (Å²) in [6, 6.07) is 1.70. The predicted octanol–water partition coefficient (Wildman–Crippen LogP) is 2.49. The lowest BCUT2D eigenvalue weighted by Gasteiger charge is -2.25. The fourth-order valence-electron chi connectivity index (χ4n) is 2.25. The van der Waals surface area contributed by atoms with Gasteiger partial charge in [0.15, 0.2) is 0 Å².